The molecule has 0 spiro atoms. The molecule has 0 radical (unpaired) electrons. The first-order valence-corrected chi connectivity index (χ1v) is 9.06. The van der Waals surface area contributed by atoms with Crippen LogP contribution >= 0.6 is 11.3 Å². The van der Waals surface area contributed by atoms with E-state index in [0.717, 1.165) is 41.4 Å². The average molecular weight is 346 g/mol. The minimum absolute atomic E-state index is 0.126. The lowest BCUT2D eigenvalue weighted by molar-refractivity contribution is -0.128. The highest BCUT2D eigenvalue weighted by molar-refractivity contribution is 7.09. The third-order valence-electron chi connectivity index (χ3n) is 3.99. The minimum atomic E-state index is -0.505. The molecule has 2 unspecified atom stereocenters. The van der Waals surface area contributed by atoms with Gasteiger partial charge in [-0.1, -0.05) is 12.1 Å². The Bertz CT molecular complexity index is 678. The van der Waals surface area contributed by atoms with E-state index in [9.17, 15) is 4.79 Å². The molecule has 6 heteroatoms. The fraction of sp³-hybridized carbons (Fsp3) is 0.444. The van der Waals surface area contributed by atoms with Gasteiger partial charge >= 0.3 is 0 Å². The summed E-state index contributed by atoms with van der Waals surface area (Å²) in [6, 6.07) is 7.69. The Morgan fingerprint density at radius 2 is 2.25 bits per heavy atom. The first kappa shape index (κ1) is 17.1. The molecule has 1 N–H and O–H groups in total. The molecule has 1 fully saturated rings. The predicted octanol–water partition coefficient (Wildman–Crippen LogP) is 3.64. The number of carbonyl (C=O) groups is 1. The second-order valence-electron chi connectivity index (χ2n) is 5.93. The summed E-state index contributed by atoms with van der Waals surface area (Å²) in [6.07, 6.45) is 1.70. The monoisotopic (exact) mass is 346 g/mol. The highest BCUT2D eigenvalue weighted by Gasteiger charge is 2.20. The normalized spacial score (nSPS) is 18.5. The van der Waals surface area contributed by atoms with E-state index in [4.69, 9.17) is 9.47 Å². The van der Waals surface area contributed by atoms with Crippen molar-refractivity contribution in [1.82, 2.24) is 4.98 Å². The van der Waals surface area contributed by atoms with E-state index in [2.05, 4.69) is 10.3 Å². The van der Waals surface area contributed by atoms with Gasteiger partial charge in [0, 0.05) is 23.2 Å². The summed E-state index contributed by atoms with van der Waals surface area (Å²) in [7, 11) is 0. The number of aromatic nitrogens is 1. The topological polar surface area (TPSA) is 60.5 Å². The maximum atomic E-state index is 12.2. The summed E-state index contributed by atoms with van der Waals surface area (Å²) < 4.78 is 11.1. The zero-order chi connectivity index (χ0) is 16.9. The van der Waals surface area contributed by atoms with Crippen LogP contribution in [0.15, 0.2) is 29.6 Å². The number of hydrogen-bond donors (Lipinski definition) is 1. The Hall–Kier alpha value is -1.76. The van der Waals surface area contributed by atoms with Crippen molar-refractivity contribution in [3.63, 3.8) is 0 Å². The van der Waals surface area contributed by atoms with Gasteiger partial charge in [0.2, 0.25) is 0 Å². The third-order valence-corrected chi connectivity index (χ3v) is 4.77. The molecule has 1 aromatic carbocycles. The number of ether oxygens (including phenoxy) is 2. The van der Waals surface area contributed by atoms with Crippen molar-refractivity contribution in [1.29, 1.82) is 0 Å². The van der Waals surface area contributed by atoms with E-state index < -0.39 is 6.10 Å². The Balaban J connectivity index is 1.52. The van der Waals surface area contributed by atoms with E-state index in [-0.39, 0.29) is 12.0 Å². The first-order chi connectivity index (χ1) is 11.6. The van der Waals surface area contributed by atoms with Crippen LogP contribution in [0, 0.1) is 6.92 Å². The second-order valence-corrected chi connectivity index (χ2v) is 6.99. The van der Waals surface area contributed by atoms with Crippen molar-refractivity contribution in [2.24, 2.45) is 0 Å². The molecular weight excluding hydrogens is 324 g/mol. The minimum Gasteiger partial charge on any atom is -0.376 e. The van der Waals surface area contributed by atoms with Crippen LogP contribution in [0.4, 0.5) is 5.69 Å². The van der Waals surface area contributed by atoms with Crippen LogP contribution in [-0.2, 0) is 14.3 Å². The molecule has 0 saturated carbocycles. The van der Waals surface area contributed by atoms with Gasteiger partial charge in [0.05, 0.1) is 23.4 Å². The van der Waals surface area contributed by atoms with Crippen molar-refractivity contribution in [2.45, 2.75) is 38.9 Å². The lowest BCUT2D eigenvalue weighted by atomic mass is 10.1. The zero-order valence-corrected chi connectivity index (χ0v) is 14.8. The van der Waals surface area contributed by atoms with Gasteiger partial charge < -0.3 is 14.8 Å². The highest BCUT2D eigenvalue weighted by Crippen LogP contribution is 2.23. The number of aryl methyl sites for hydroxylation is 1. The summed E-state index contributed by atoms with van der Waals surface area (Å²) >= 11 is 1.63. The summed E-state index contributed by atoms with van der Waals surface area (Å²) in [5, 5.41) is 5.95. The van der Waals surface area contributed by atoms with Crippen molar-refractivity contribution in [2.75, 3.05) is 18.5 Å². The Morgan fingerprint density at radius 3 is 2.88 bits per heavy atom. The standard InChI is InChI=1S/C18H22N2O3S/c1-12(23-10-16-4-3-9-22-16)18(21)20-15-7-5-14(6-8-15)17-11-24-13(2)19-17/h5-8,11-12,16H,3-4,9-10H2,1-2H3,(H,20,21). The van der Waals surface area contributed by atoms with E-state index in [0.29, 0.717) is 6.61 Å². The molecule has 2 heterocycles. The molecule has 1 aliphatic rings. The van der Waals surface area contributed by atoms with Crippen molar-refractivity contribution in [3.05, 3.63) is 34.7 Å². The van der Waals surface area contributed by atoms with Gasteiger partial charge in [-0.25, -0.2) is 4.98 Å². The number of nitrogens with zero attached hydrogens (tertiary/aromatic N) is 1. The van der Waals surface area contributed by atoms with Crippen molar-refractivity contribution in [3.8, 4) is 11.3 Å². The molecule has 2 atom stereocenters. The Labute approximate surface area is 146 Å². The second kappa shape index (κ2) is 7.88. The van der Waals surface area contributed by atoms with Crippen LogP contribution in [0.3, 0.4) is 0 Å². The predicted molar refractivity (Wildman–Crippen MR) is 95.3 cm³/mol. The average Bonchev–Trinajstić information content (AvgIpc) is 3.25. The Morgan fingerprint density at radius 1 is 1.46 bits per heavy atom. The summed E-state index contributed by atoms with van der Waals surface area (Å²) in [6.45, 7) is 5.01. The van der Waals surface area contributed by atoms with Gasteiger partial charge in [0.1, 0.15) is 6.10 Å². The lowest BCUT2D eigenvalue weighted by Gasteiger charge is -2.16. The lowest BCUT2D eigenvalue weighted by Crippen LogP contribution is -2.30. The third kappa shape index (κ3) is 4.41. The van der Waals surface area contributed by atoms with E-state index in [1.165, 1.54) is 0 Å². The van der Waals surface area contributed by atoms with Crippen LogP contribution < -0.4 is 5.32 Å². The van der Waals surface area contributed by atoms with Gasteiger partial charge in [0.25, 0.3) is 5.91 Å². The van der Waals surface area contributed by atoms with Gasteiger partial charge in [-0.15, -0.1) is 11.3 Å². The smallest absolute Gasteiger partial charge is 0.253 e. The van der Waals surface area contributed by atoms with Gasteiger partial charge in [-0.2, -0.15) is 0 Å². The fourth-order valence-corrected chi connectivity index (χ4v) is 3.19. The van der Waals surface area contributed by atoms with E-state index in [1.807, 2.05) is 36.6 Å². The molecule has 128 valence electrons. The summed E-state index contributed by atoms with van der Waals surface area (Å²) in [5.41, 5.74) is 2.76. The fourth-order valence-electron chi connectivity index (χ4n) is 2.57. The van der Waals surface area contributed by atoms with Crippen LogP contribution in [0.25, 0.3) is 11.3 Å². The number of nitrogens with one attached hydrogen (secondary N) is 1. The number of carbonyl (C=O) groups excluding carboxylic acids is 1. The van der Waals surface area contributed by atoms with Crippen LogP contribution in [0.2, 0.25) is 0 Å². The molecule has 3 rings (SSSR count). The number of anilines is 1. The maximum Gasteiger partial charge on any atom is 0.253 e. The van der Waals surface area contributed by atoms with Crippen LogP contribution in [0.1, 0.15) is 24.8 Å². The quantitative estimate of drug-likeness (QED) is 0.867. The number of benzene rings is 1. The van der Waals surface area contributed by atoms with Gasteiger partial charge in [-0.05, 0) is 38.8 Å². The summed E-state index contributed by atoms with van der Waals surface area (Å²) in [4.78, 5) is 16.6. The van der Waals surface area contributed by atoms with E-state index in [1.54, 1.807) is 18.3 Å². The molecular formula is C18H22N2O3S. The zero-order valence-electron chi connectivity index (χ0n) is 14.0. The molecule has 1 amide bonds. The molecule has 0 aliphatic carbocycles. The molecule has 24 heavy (non-hydrogen) atoms. The first-order valence-electron chi connectivity index (χ1n) is 8.18. The van der Waals surface area contributed by atoms with Crippen LogP contribution in [-0.4, -0.2) is 36.3 Å². The summed E-state index contributed by atoms with van der Waals surface area (Å²) in [5.74, 6) is -0.148. The molecule has 5 nitrogen and oxygen atoms in total. The van der Waals surface area contributed by atoms with Crippen LogP contribution in [0.5, 0.6) is 0 Å². The number of hydrogen-bond acceptors (Lipinski definition) is 5. The maximum absolute atomic E-state index is 12.2. The number of thiazole rings is 1. The number of amides is 1. The van der Waals surface area contributed by atoms with Gasteiger partial charge in [0.15, 0.2) is 0 Å². The molecule has 1 saturated heterocycles. The largest absolute Gasteiger partial charge is 0.376 e. The van der Waals surface area contributed by atoms with Gasteiger partial charge in [-0.3, -0.25) is 4.79 Å². The molecule has 2 aromatic rings. The SMILES string of the molecule is Cc1nc(-c2ccc(NC(=O)C(C)OCC3CCCO3)cc2)cs1. The van der Waals surface area contributed by atoms with E-state index >= 15 is 0 Å². The molecule has 0 bridgehead atoms. The highest BCUT2D eigenvalue weighted by atomic mass is 32.1. The van der Waals surface area contributed by atoms with Crippen molar-refractivity contribution < 1.29 is 14.3 Å². The molecule has 1 aromatic heterocycles. The Kier molecular flexibility index (Phi) is 5.60. The van der Waals surface area contributed by atoms with Crippen molar-refractivity contribution >= 4 is 22.9 Å². The number of rotatable bonds is 6. The molecule has 1 aliphatic heterocycles.